The van der Waals surface area contributed by atoms with Crippen molar-refractivity contribution in [2.75, 3.05) is 13.1 Å². The van der Waals surface area contributed by atoms with Crippen molar-refractivity contribution in [2.24, 2.45) is 0 Å². The predicted octanol–water partition coefficient (Wildman–Crippen LogP) is 3.71. The van der Waals surface area contributed by atoms with E-state index in [0.717, 1.165) is 18.1 Å². The molecule has 0 unspecified atom stereocenters. The van der Waals surface area contributed by atoms with Crippen LogP contribution in [0.15, 0.2) is 0 Å². The molecule has 3 saturated carbocycles. The highest BCUT2D eigenvalue weighted by Gasteiger charge is 2.29. The molecule has 0 aromatic carbocycles. The van der Waals surface area contributed by atoms with E-state index in [4.69, 9.17) is 0 Å². The van der Waals surface area contributed by atoms with Crippen LogP contribution in [-0.4, -0.2) is 36.1 Å². The van der Waals surface area contributed by atoms with E-state index in [1.807, 2.05) is 0 Å². The molecule has 3 aliphatic rings. The molecule has 0 aliphatic heterocycles. The molecule has 19 heavy (non-hydrogen) atoms. The van der Waals surface area contributed by atoms with Gasteiger partial charge in [0.2, 0.25) is 0 Å². The number of hydrogen-bond acceptors (Lipinski definition) is 2. The molecule has 0 aromatic rings. The lowest BCUT2D eigenvalue weighted by Crippen LogP contribution is -2.48. The van der Waals surface area contributed by atoms with Gasteiger partial charge in [0.25, 0.3) is 0 Å². The summed E-state index contributed by atoms with van der Waals surface area (Å²) in [5.41, 5.74) is 0. The minimum atomic E-state index is 0.875. The molecule has 3 rings (SSSR count). The molecule has 2 heteroatoms. The lowest BCUT2D eigenvalue weighted by molar-refractivity contribution is 0.0817. The monoisotopic (exact) mass is 264 g/mol. The Balaban J connectivity index is 1.52. The Morgan fingerprint density at radius 2 is 1.21 bits per heavy atom. The highest BCUT2D eigenvalue weighted by atomic mass is 15.2. The first-order valence-electron chi connectivity index (χ1n) is 8.92. The maximum absolute atomic E-state index is 3.72. The minimum absolute atomic E-state index is 0.875. The third-order valence-corrected chi connectivity index (χ3v) is 5.47. The fourth-order valence-electron chi connectivity index (χ4n) is 4.17. The molecule has 0 atom stereocenters. The van der Waals surface area contributed by atoms with Gasteiger partial charge in [0.15, 0.2) is 0 Å². The summed E-state index contributed by atoms with van der Waals surface area (Å²) in [6.45, 7) is 2.55. The average molecular weight is 264 g/mol. The third kappa shape index (κ3) is 4.19. The molecule has 0 spiro atoms. The highest BCUT2D eigenvalue weighted by molar-refractivity contribution is 4.86. The van der Waals surface area contributed by atoms with Crippen molar-refractivity contribution in [3.05, 3.63) is 0 Å². The van der Waals surface area contributed by atoms with Crippen molar-refractivity contribution in [3.63, 3.8) is 0 Å². The Morgan fingerprint density at radius 1 is 0.684 bits per heavy atom. The summed E-state index contributed by atoms with van der Waals surface area (Å²) < 4.78 is 0. The van der Waals surface area contributed by atoms with E-state index in [1.54, 1.807) is 0 Å². The van der Waals surface area contributed by atoms with E-state index in [0.29, 0.717) is 0 Å². The van der Waals surface area contributed by atoms with Gasteiger partial charge in [0, 0.05) is 31.2 Å². The van der Waals surface area contributed by atoms with Crippen LogP contribution in [0.3, 0.4) is 0 Å². The SMILES string of the molecule is C1CCC(N(CCNC2CC2)C2CCCCC2)CC1. The maximum atomic E-state index is 3.72. The van der Waals surface area contributed by atoms with Gasteiger partial charge < -0.3 is 5.32 Å². The fraction of sp³-hybridized carbons (Fsp3) is 1.00. The molecule has 0 radical (unpaired) electrons. The van der Waals surface area contributed by atoms with E-state index >= 15 is 0 Å². The summed E-state index contributed by atoms with van der Waals surface area (Å²) in [4.78, 5) is 2.92. The van der Waals surface area contributed by atoms with Gasteiger partial charge in [-0.25, -0.2) is 0 Å². The van der Waals surface area contributed by atoms with E-state index in [9.17, 15) is 0 Å². The third-order valence-electron chi connectivity index (χ3n) is 5.47. The van der Waals surface area contributed by atoms with Crippen LogP contribution in [0, 0.1) is 0 Å². The van der Waals surface area contributed by atoms with Crippen molar-refractivity contribution >= 4 is 0 Å². The normalized spacial score (nSPS) is 27.0. The van der Waals surface area contributed by atoms with Crippen LogP contribution in [-0.2, 0) is 0 Å². The van der Waals surface area contributed by atoms with Gasteiger partial charge in [0.05, 0.1) is 0 Å². The Morgan fingerprint density at radius 3 is 1.68 bits per heavy atom. The summed E-state index contributed by atoms with van der Waals surface area (Å²) in [6, 6.07) is 2.70. The standard InChI is InChI=1S/C17H32N2/c1-3-7-16(8-4-1)19(14-13-18-15-11-12-15)17-9-5-2-6-10-17/h15-18H,1-14H2. The van der Waals surface area contributed by atoms with Crippen molar-refractivity contribution in [2.45, 2.75) is 95.2 Å². The number of nitrogens with one attached hydrogen (secondary N) is 1. The van der Waals surface area contributed by atoms with E-state index in [2.05, 4.69) is 10.2 Å². The molecule has 0 amide bonds. The zero-order chi connectivity index (χ0) is 12.9. The number of hydrogen-bond donors (Lipinski definition) is 1. The summed E-state index contributed by atoms with van der Waals surface area (Å²) in [6.07, 6.45) is 17.6. The zero-order valence-corrected chi connectivity index (χ0v) is 12.6. The summed E-state index contributed by atoms with van der Waals surface area (Å²) in [5.74, 6) is 0. The van der Waals surface area contributed by atoms with E-state index in [1.165, 1.54) is 90.1 Å². The van der Waals surface area contributed by atoms with Crippen LogP contribution >= 0.6 is 0 Å². The fourth-order valence-corrected chi connectivity index (χ4v) is 4.17. The van der Waals surface area contributed by atoms with Crippen LogP contribution in [0.1, 0.15) is 77.0 Å². The molecule has 0 saturated heterocycles. The van der Waals surface area contributed by atoms with Gasteiger partial charge in [-0.05, 0) is 38.5 Å². The molecule has 3 fully saturated rings. The molecule has 110 valence electrons. The Hall–Kier alpha value is -0.0800. The zero-order valence-electron chi connectivity index (χ0n) is 12.6. The topological polar surface area (TPSA) is 15.3 Å². The largest absolute Gasteiger partial charge is 0.313 e. The number of rotatable bonds is 6. The predicted molar refractivity (Wildman–Crippen MR) is 81.5 cm³/mol. The minimum Gasteiger partial charge on any atom is -0.313 e. The van der Waals surface area contributed by atoms with Crippen molar-refractivity contribution < 1.29 is 0 Å². The van der Waals surface area contributed by atoms with Crippen molar-refractivity contribution in [1.82, 2.24) is 10.2 Å². The first kappa shape index (κ1) is 13.9. The molecule has 2 nitrogen and oxygen atoms in total. The van der Waals surface area contributed by atoms with Crippen LogP contribution in [0.25, 0.3) is 0 Å². The van der Waals surface area contributed by atoms with Crippen LogP contribution in [0.2, 0.25) is 0 Å². The van der Waals surface area contributed by atoms with Gasteiger partial charge >= 0.3 is 0 Å². The maximum Gasteiger partial charge on any atom is 0.0113 e. The first-order valence-corrected chi connectivity index (χ1v) is 8.92. The average Bonchev–Trinajstić information content (AvgIpc) is 3.30. The van der Waals surface area contributed by atoms with Crippen molar-refractivity contribution in [1.29, 1.82) is 0 Å². The second-order valence-electron chi connectivity index (χ2n) is 7.05. The molecular weight excluding hydrogens is 232 g/mol. The van der Waals surface area contributed by atoms with Gasteiger partial charge in [-0.15, -0.1) is 0 Å². The second-order valence-corrected chi connectivity index (χ2v) is 7.05. The summed E-state index contributed by atoms with van der Waals surface area (Å²) >= 11 is 0. The quantitative estimate of drug-likeness (QED) is 0.787. The van der Waals surface area contributed by atoms with Gasteiger partial charge in [-0.3, -0.25) is 4.90 Å². The van der Waals surface area contributed by atoms with Crippen molar-refractivity contribution in [3.8, 4) is 0 Å². The number of nitrogens with zero attached hydrogens (tertiary/aromatic N) is 1. The Labute approximate surface area is 119 Å². The van der Waals surface area contributed by atoms with Gasteiger partial charge in [-0.2, -0.15) is 0 Å². The highest BCUT2D eigenvalue weighted by Crippen LogP contribution is 2.30. The Bertz CT molecular complexity index is 232. The summed E-state index contributed by atoms with van der Waals surface area (Å²) in [5, 5.41) is 3.72. The molecular formula is C17H32N2. The molecule has 0 bridgehead atoms. The smallest absolute Gasteiger partial charge is 0.0113 e. The Kier molecular flexibility index (Phi) is 5.17. The van der Waals surface area contributed by atoms with Gasteiger partial charge in [0.1, 0.15) is 0 Å². The lowest BCUT2D eigenvalue weighted by Gasteiger charge is -2.41. The van der Waals surface area contributed by atoms with E-state index < -0.39 is 0 Å². The molecule has 0 heterocycles. The molecule has 3 aliphatic carbocycles. The molecule has 0 aromatic heterocycles. The first-order chi connectivity index (χ1) is 9.43. The van der Waals surface area contributed by atoms with Crippen LogP contribution < -0.4 is 5.32 Å². The van der Waals surface area contributed by atoms with Crippen LogP contribution in [0.5, 0.6) is 0 Å². The summed E-state index contributed by atoms with van der Waals surface area (Å²) in [7, 11) is 0. The van der Waals surface area contributed by atoms with E-state index in [-0.39, 0.29) is 0 Å². The second kappa shape index (κ2) is 7.08. The van der Waals surface area contributed by atoms with Crippen LogP contribution in [0.4, 0.5) is 0 Å². The van der Waals surface area contributed by atoms with Gasteiger partial charge in [-0.1, -0.05) is 38.5 Å². The lowest BCUT2D eigenvalue weighted by atomic mass is 9.88. The molecule has 1 N–H and O–H groups in total.